The Morgan fingerprint density at radius 1 is 1.38 bits per heavy atom. The Labute approximate surface area is 129 Å². The second kappa shape index (κ2) is 7.98. The van der Waals surface area contributed by atoms with Crippen LogP contribution in [-0.2, 0) is 4.79 Å². The second-order valence-electron chi connectivity index (χ2n) is 5.16. The van der Waals surface area contributed by atoms with Crippen molar-refractivity contribution >= 4 is 23.4 Å². The summed E-state index contributed by atoms with van der Waals surface area (Å²) in [6, 6.07) is 3.61. The van der Waals surface area contributed by atoms with Gasteiger partial charge in [0.15, 0.2) is 0 Å². The van der Waals surface area contributed by atoms with Gasteiger partial charge < -0.3 is 10.2 Å². The molecule has 2 heterocycles. The van der Waals surface area contributed by atoms with Crippen molar-refractivity contribution < 1.29 is 9.59 Å². The fourth-order valence-electron chi connectivity index (χ4n) is 2.42. The third-order valence-electron chi connectivity index (χ3n) is 3.63. The van der Waals surface area contributed by atoms with Crippen LogP contribution in [0, 0.1) is 0 Å². The zero-order valence-corrected chi connectivity index (χ0v) is 12.7. The lowest BCUT2D eigenvalue weighted by molar-refractivity contribution is -0.132. The van der Waals surface area contributed by atoms with Crippen molar-refractivity contribution in [1.82, 2.24) is 15.2 Å². The fraction of sp³-hybridized carbons (Fsp3) is 0.533. The first-order valence-corrected chi connectivity index (χ1v) is 7.79. The molecule has 0 atom stereocenters. The fourth-order valence-corrected chi connectivity index (χ4v) is 2.55. The molecule has 0 unspecified atom stereocenters. The van der Waals surface area contributed by atoms with Crippen LogP contribution in [-0.4, -0.2) is 46.7 Å². The number of aromatic nitrogens is 1. The molecule has 1 N–H and O–H groups in total. The molecule has 21 heavy (non-hydrogen) atoms. The third kappa shape index (κ3) is 4.70. The van der Waals surface area contributed by atoms with Crippen LogP contribution in [0.1, 0.15) is 36.0 Å². The molecule has 2 rings (SSSR count). The number of hydrogen-bond donors (Lipinski definition) is 1. The van der Waals surface area contributed by atoms with Gasteiger partial charge in [0.05, 0.1) is 5.56 Å². The van der Waals surface area contributed by atoms with Crippen molar-refractivity contribution in [1.29, 1.82) is 0 Å². The van der Waals surface area contributed by atoms with Crippen molar-refractivity contribution in [2.75, 3.05) is 19.0 Å². The molecule has 5 nitrogen and oxygen atoms in total. The van der Waals surface area contributed by atoms with Crippen LogP contribution >= 0.6 is 11.6 Å². The SMILES string of the molecule is O=C(NC1CCN(C(=O)CCCCl)CC1)c1cccnc1. The maximum atomic E-state index is 12.0. The van der Waals surface area contributed by atoms with Crippen molar-refractivity contribution in [3.05, 3.63) is 30.1 Å². The van der Waals surface area contributed by atoms with E-state index < -0.39 is 0 Å². The lowest BCUT2D eigenvalue weighted by atomic mass is 10.0. The quantitative estimate of drug-likeness (QED) is 0.844. The number of alkyl halides is 1. The van der Waals surface area contributed by atoms with Crippen LogP contribution < -0.4 is 5.32 Å². The molecule has 114 valence electrons. The van der Waals surface area contributed by atoms with Gasteiger partial charge in [-0.1, -0.05) is 0 Å². The van der Waals surface area contributed by atoms with E-state index in [1.807, 2.05) is 4.90 Å². The number of hydrogen-bond acceptors (Lipinski definition) is 3. The van der Waals surface area contributed by atoms with Crippen LogP contribution in [0.4, 0.5) is 0 Å². The lowest BCUT2D eigenvalue weighted by Gasteiger charge is -2.32. The van der Waals surface area contributed by atoms with Crippen molar-refractivity contribution in [2.45, 2.75) is 31.7 Å². The summed E-state index contributed by atoms with van der Waals surface area (Å²) in [7, 11) is 0. The summed E-state index contributed by atoms with van der Waals surface area (Å²) < 4.78 is 0. The van der Waals surface area contributed by atoms with Crippen LogP contribution in [0.2, 0.25) is 0 Å². The number of amides is 2. The van der Waals surface area contributed by atoms with Gasteiger partial charge in [0.1, 0.15) is 0 Å². The second-order valence-corrected chi connectivity index (χ2v) is 5.54. The number of rotatable bonds is 5. The molecule has 0 aromatic carbocycles. The number of piperidine rings is 1. The van der Waals surface area contributed by atoms with E-state index in [-0.39, 0.29) is 17.9 Å². The predicted molar refractivity (Wildman–Crippen MR) is 81.3 cm³/mol. The van der Waals surface area contributed by atoms with Crippen LogP contribution in [0.3, 0.4) is 0 Å². The highest BCUT2D eigenvalue weighted by atomic mass is 35.5. The zero-order valence-electron chi connectivity index (χ0n) is 11.9. The number of nitrogens with zero attached hydrogens (tertiary/aromatic N) is 2. The van der Waals surface area contributed by atoms with Gasteiger partial charge in [-0.2, -0.15) is 0 Å². The van der Waals surface area contributed by atoms with Crippen LogP contribution in [0.25, 0.3) is 0 Å². The molecule has 6 heteroatoms. The average molecular weight is 310 g/mol. The molecule has 2 amide bonds. The van der Waals surface area contributed by atoms with Gasteiger partial charge in [-0.15, -0.1) is 11.6 Å². The van der Waals surface area contributed by atoms with E-state index in [1.54, 1.807) is 24.5 Å². The van der Waals surface area contributed by atoms with E-state index in [9.17, 15) is 9.59 Å². The first-order valence-electron chi connectivity index (χ1n) is 7.25. The Morgan fingerprint density at radius 3 is 2.76 bits per heavy atom. The van der Waals surface area contributed by atoms with Crippen molar-refractivity contribution in [3.8, 4) is 0 Å². The molecule has 1 aliphatic rings. The monoisotopic (exact) mass is 309 g/mol. The van der Waals surface area contributed by atoms with Gasteiger partial charge in [-0.05, 0) is 31.4 Å². The minimum Gasteiger partial charge on any atom is -0.349 e. The lowest BCUT2D eigenvalue weighted by Crippen LogP contribution is -2.46. The Kier molecular flexibility index (Phi) is 5.99. The Morgan fingerprint density at radius 2 is 2.14 bits per heavy atom. The number of halogens is 1. The minimum absolute atomic E-state index is 0.102. The number of carbonyl (C=O) groups is 2. The van der Waals surface area contributed by atoms with Crippen LogP contribution in [0.15, 0.2) is 24.5 Å². The zero-order chi connectivity index (χ0) is 15.1. The Bertz CT molecular complexity index is 473. The first-order chi connectivity index (χ1) is 10.2. The highest BCUT2D eigenvalue weighted by Gasteiger charge is 2.23. The third-order valence-corrected chi connectivity index (χ3v) is 3.90. The number of carbonyl (C=O) groups excluding carboxylic acids is 2. The number of pyridine rings is 1. The van der Waals surface area contributed by atoms with Gasteiger partial charge in [0, 0.05) is 43.8 Å². The summed E-state index contributed by atoms with van der Waals surface area (Å²) in [5, 5.41) is 3.00. The summed E-state index contributed by atoms with van der Waals surface area (Å²) in [6.07, 6.45) is 6.01. The van der Waals surface area contributed by atoms with Crippen molar-refractivity contribution in [3.63, 3.8) is 0 Å². The normalized spacial score (nSPS) is 15.8. The summed E-state index contributed by atoms with van der Waals surface area (Å²) in [5.41, 5.74) is 0.568. The van der Waals surface area contributed by atoms with Gasteiger partial charge in [0.25, 0.3) is 5.91 Å². The maximum Gasteiger partial charge on any atom is 0.253 e. The van der Waals surface area contributed by atoms with Crippen molar-refractivity contribution in [2.24, 2.45) is 0 Å². The summed E-state index contributed by atoms with van der Waals surface area (Å²) in [6.45, 7) is 1.39. The van der Waals surface area contributed by atoms with E-state index in [1.165, 1.54) is 0 Å². The van der Waals surface area contributed by atoms with E-state index >= 15 is 0 Å². The van der Waals surface area contributed by atoms with E-state index in [0.29, 0.717) is 31.0 Å². The molecule has 1 aromatic rings. The minimum atomic E-state index is -0.102. The average Bonchev–Trinajstić information content (AvgIpc) is 2.54. The molecule has 1 aromatic heterocycles. The van der Waals surface area contributed by atoms with Gasteiger partial charge in [-0.3, -0.25) is 14.6 Å². The maximum absolute atomic E-state index is 12.0. The van der Waals surface area contributed by atoms with E-state index in [4.69, 9.17) is 11.6 Å². The van der Waals surface area contributed by atoms with Gasteiger partial charge in [0.2, 0.25) is 5.91 Å². The highest BCUT2D eigenvalue weighted by Crippen LogP contribution is 2.13. The molecule has 0 spiro atoms. The van der Waals surface area contributed by atoms with E-state index in [2.05, 4.69) is 10.3 Å². The smallest absolute Gasteiger partial charge is 0.253 e. The summed E-state index contributed by atoms with van der Waals surface area (Å²) >= 11 is 5.60. The molecule has 0 bridgehead atoms. The topological polar surface area (TPSA) is 62.3 Å². The van der Waals surface area contributed by atoms with Gasteiger partial charge >= 0.3 is 0 Å². The summed E-state index contributed by atoms with van der Waals surface area (Å²) in [5.74, 6) is 0.575. The Balaban J connectivity index is 1.77. The predicted octanol–water partition coefficient (Wildman–Crippen LogP) is 1.82. The molecular formula is C15H20ClN3O2. The molecule has 1 saturated heterocycles. The largest absolute Gasteiger partial charge is 0.349 e. The first kappa shape index (κ1) is 15.8. The summed E-state index contributed by atoms with van der Waals surface area (Å²) in [4.78, 5) is 29.7. The standard InChI is InChI=1S/C15H20ClN3O2/c16-7-1-4-14(20)19-9-5-13(6-10-19)18-15(21)12-3-2-8-17-11-12/h2-3,8,11,13H,1,4-7,9-10H2,(H,18,21). The number of likely N-dealkylation sites (tertiary alicyclic amines) is 1. The molecule has 0 aliphatic carbocycles. The molecule has 1 fully saturated rings. The molecule has 1 aliphatic heterocycles. The van der Waals surface area contributed by atoms with Gasteiger partial charge in [-0.25, -0.2) is 0 Å². The Hall–Kier alpha value is -1.62. The molecular weight excluding hydrogens is 290 g/mol. The van der Waals surface area contributed by atoms with E-state index in [0.717, 1.165) is 19.3 Å². The molecule has 0 radical (unpaired) electrons. The molecule has 0 saturated carbocycles. The van der Waals surface area contributed by atoms with Crippen LogP contribution in [0.5, 0.6) is 0 Å². The number of nitrogens with one attached hydrogen (secondary N) is 1. The highest BCUT2D eigenvalue weighted by molar-refractivity contribution is 6.17.